The molecule has 3 rings (SSSR count). The zero-order valence-corrected chi connectivity index (χ0v) is 14.8. The molecule has 3 heterocycles. The minimum absolute atomic E-state index is 0.106. The molecule has 0 spiro atoms. The summed E-state index contributed by atoms with van der Waals surface area (Å²) in [6.07, 6.45) is 4.93. The van der Waals surface area contributed by atoms with Gasteiger partial charge < -0.3 is 4.90 Å². The first-order valence-electron chi connectivity index (χ1n) is 8.36. The number of aryl methyl sites for hydroxylation is 2. The molecule has 2 aromatic rings. The quantitative estimate of drug-likeness (QED) is 0.854. The fraction of sp³-hybridized carbons (Fsp3) is 0.611. The van der Waals surface area contributed by atoms with Crippen LogP contribution in [0.1, 0.15) is 56.1 Å². The second-order valence-electron chi connectivity index (χ2n) is 7.86. The summed E-state index contributed by atoms with van der Waals surface area (Å²) in [4.78, 5) is 19.5. The Morgan fingerprint density at radius 3 is 2.83 bits per heavy atom. The molecule has 1 unspecified atom stereocenters. The Morgan fingerprint density at radius 1 is 1.39 bits per heavy atom. The number of aromatic nitrogens is 3. The average molecular weight is 314 g/mol. The Morgan fingerprint density at radius 2 is 2.13 bits per heavy atom. The van der Waals surface area contributed by atoms with Gasteiger partial charge in [-0.15, -0.1) is 0 Å². The lowest BCUT2D eigenvalue weighted by atomic mass is 9.87. The number of hydrogen-bond donors (Lipinski definition) is 0. The van der Waals surface area contributed by atoms with Gasteiger partial charge in [0.05, 0.1) is 11.3 Å². The molecule has 1 amide bonds. The molecule has 23 heavy (non-hydrogen) atoms. The summed E-state index contributed by atoms with van der Waals surface area (Å²) in [5, 5.41) is 5.34. The van der Waals surface area contributed by atoms with E-state index in [1.54, 1.807) is 10.9 Å². The number of amides is 1. The van der Waals surface area contributed by atoms with Crippen molar-refractivity contribution >= 4 is 16.9 Å². The number of nitrogens with zero attached hydrogens (tertiary/aromatic N) is 4. The molecule has 1 saturated heterocycles. The Bertz CT molecular complexity index is 741. The van der Waals surface area contributed by atoms with Crippen molar-refractivity contribution in [3.05, 3.63) is 23.5 Å². The van der Waals surface area contributed by atoms with Crippen LogP contribution in [0.15, 0.2) is 12.3 Å². The number of pyridine rings is 1. The van der Waals surface area contributed by atoms with Gasteiger partial charge in [-0.1, -0.05) is 20.8 Å². The first-order chi connectivity index (χ1) is 10.8. The van der Waals surface area contributed by atoms with E-state index in [9.17, 15) is 4.79 Å². The van der Waals surface area contributed by atoms with Crippen molar-refractivity contribution in [2.24, 2.45) is 12.5 Å². The van der Waals surface area contributed by atoms with Crippen molar-refractivity contribution in [3.8, 4) is 0 Å². The van der Waals surface area contributed by atoms with Gasteiger partial charge in [0.1, 0.15) is 0 Å². The van der Waals surface area contributed by atoms with E-state index in [0.29, 0.717) is 11.6 Å². The van der Waals surface area contributed by atoms with Crippen LogP contribution in [-0.2, 0) is 7.05 Å². The third-order valence-corrected chi connectivity index (χ3v) is 4.60. The highest BCUT2D eigenvalue weighted by Gasteiger charge is 2.32. The van der Waals surface area contributed by atoms with Crippen molar-refractivity contribution in [3.63, 3.8) is 0 Å². The first kappa shape index (κ1) is 16.0. The Labute approximate surface area is 137 Å². The highest BCUT2D eigenvalue weighted by atomic mass is 16.2. The van der Waals surface area contributed by atoms with E-state index in [2.05, 4.69) is 30.9 Å². The normalized spacial score (nSPS) is 18.8. The van der Waals surface area contributed by atoms with Gasteiger partial charge in [0.15, 0.2) is 5.65 Å². The number of carbonyl (C=O) groups is 1. The van der Waals surface area contributed by atoms with E-state index in [1.165, 1.54) is 0 Å². The largest absolute Gasteiger partial charge is 0.336 e. The summed E-state index contributed by atoms with van der Waals surface area (Å²) in [6, 6.07) is 2.28. The summed E-state index contributed by atoms with van der Waals surface area (Å²) in [5.41, 5.74) is 2.65. The van der Waals surface area contributed by atoms with E-state index in [-0.39, 0.29) is 11.3 Å². The number of rotatable bonds is 2. The maximum Gasteiger partial charge on any atom is 0.255 e. The highest BCUT2D eigenvalue weighted by molar-refractivity contribution is 5.97. The minimum atomic E-state index is 0.106. The molecule has 1 aliphatic rings. The van der Waals surface area contributed by atoms with E-state index in [0.717, 1.165) is 42.5 Å². The lowest BCUT2D eigenvalue weighted by molar-refractivity contribution is 0.0704. The van der Waals surface area contributed by atoms with E-state index >= 15 is 0 Å². The van der Waals surface area contributed by atoms with Crippen molar-refractivity contribution in [1.82, 2.24) is 19.7 Å². The molecule has 0 aliphatic carbocycles. The summed E-state index contributed by atoms with van der Waals surface area (Å²) in [6.45, 7) is 9.52. The predicted molar refractivity (Wildman–Crippen MR) is 91.4 cm³/mol. The molecule has 1 fully saturated rings. The van der Waals surface area contributed by atoms with Gasteiger partial charge in [-0.25, -0.2) is 4.98 Å². The van der Waals surface area contributed by atoms with Gasteiger partial charge in [0.2, 0.25) is 0 Å². The molecule has 0 saturated carbocycles. The van der Waals surface area contributed by atoms with Crippen molar-refractivity contribution in [1.29, 1.82) is 0 Å². The van der Waals surface area contributed by atoms with Crippen molar-refractivity contribution in [2.75, 3.05) is 6.54 Å². The Kier molecular flexibility index (Phi) is 3.90. The lowest BCUT2D eigenvalue weighted by Crippen LogP contribution is -2.37. The van der Waals surface area contributed by atoms with Gasteiger partial charge in [-0.05, 0) is 37.7 Å². The first-order valence-corrected chi connectivity index (χ1v) is 8.36. The number of hydrogen-bond acceptors (Lipinski definition) is 3. The second-order valence-corrected chi connectivity index (χ2v) is 7.86. The van der Waals surface area contributed by atoms with Crippen LogP contribution in [0.25, 0.3) is 11.0 Å². The Hall–Kier alpha value is -1.91. The van der Waals surface area contributed by atoms with E-state index in [4.69, 9.17) is 0 Å². The fourth-order valence-corrected chi connectivity index (χ4v) is 3.61. The van der Waals surface area contributed by atoms with Crippen LogP contribution in [-0.4, -0.2) is 38.2 Å². The highest BCUT2D eigenvalue weighted by Crippen LogP contribution is 2.31. The van der Waals surface area contributed by atoms with Gasteiger partial charge in [-0.2, -0.15) is 5.10 Å². The topological polar surface area (TPSA) is 51.0 Å². The molecule has 0 N–H and O–H groups in total. The summed E-state index contributed by atoms with van der Waals surface area (Å²) < 4.78 is 1.76. The van der Waals surface area contributed by atoms with Crippen LogP contribution < -0.4 is 0 Å². The molecule has 0 bridgehead atoms. The molecule has 1 atom stereocenters. The number of likely N-dealkylation sites (tertiary alicyclic amines) is 1. The molecule has 0 aromatic carbocycles. The number of fused-ring (bicyclic) bond motifs is 1. The van der Waals surface area contributed by atoms with Crippen LogP contribution in [0.3, 0.4) is 0 Å². The molecule has 1 aliphatic heterocycles. The molecule has 124 valence electrons. The lowest BCUT2D eigenvalue weighted by Gasteiger charge is -2.30. The van der Waals surface area contributed by atoms with Gasteiger partial charge >= 0.3 is 0 Å². The van der Waals surface area contributed by atoms with Gasteiger partial charge in [0, 0.05) is 31.2 Å². The summed E-state index contributed by atoms with van der Waals surface area (Å²) in [7, 11) is 1.88. The van der Waals surface area contributed by atoms with Crippen molar-refractivity contribution < 1.29 is 4.79 Å². The minimum Gasteiger partial charge on any atom is -0.336 e. The third-order valence-electron chi connectivity index (χ3n) is 4.60. The molecule has 0 radical (unpaired) electrons. The summed E-state index contributed by atoms with van der Waals surface area (Å²) in [5.74, 6) is 0.106. The van der Waals surface area contributed by atoms with Gasteiger partial charge in [-0.3, -0.25) is 9.48 Å². The summed E-state index contributed by atoms with van der Waals surface area (Å²) >= 11 is 0. The predicted octanol–water partition coefficient (Wildman–Crippen LogP) is 3.32. The second kappa shape index (κ2) is 5.62. The molecule has 5 heteroatoms. The SMILES string of the molecule is Cc1nn(C)c2ncc(C(=O)N3CCCC3CC(C)(C)C)cc12. The Balaban J connectivity index is 1.89. The van der Waals surface area contributed by atoms with Crippen LogP contribution >= 0.6 is 0 Å². The monoisotopic (exact) mass is 314 g/mol. The van der Waals surface area contributed by atoms with Crippen LogP contribution in [0.2, 0.25) is 0 Å². The third kappa shape index (κ3) is 3.09. The van der Waals surface area contributed by atoms with E-state index in [1.807, 2.05) is 24.9 Å². The molecule has 5 nitrogen and oxygen atoms in total. The van der Waals surface area contributed by atoms with Crippen LogP contribution in [0.4, 0.5) is 0 Å². The van der Waals surface area contributed by atoms with Crippen LogP contribution in [0.5, 0.6) is 0 Å². The standard InChI is InChI=1S/C18H26N4O/c1-12-15-9-13(11-19-16(15)21(5)20-12)17(23)22-8-6-7-14(22)10-18(2,3)4/h9,11,14H,6-8,10H2,1-5H3. The maximum absolute atomic E-state index is 13.0. The number of carbonyl (C=O) groups excluding carboxylic acids is 1. The zero-order chi connectivity index (χ0) is 16.8. The van der Waals surface area contributed by atoms with Crippen molar-refractivity contribution in [2.45, 2.75) is 53.0 Å². The fourth-order valence-electron chi connectivity index (χ4n) is 3.61. The van der Waals surface area contributed by atoms with Gasteiger partial charge in [0.25, 0.3) is 5.91 Å². The molecular formula is C18H26N4O. The molecule has 2 aromatic heterocycles. The average Bonchev–Trinajstić information content (AvgIpc) is 3.01. The maximum atomic E-state index is 13.0. The van der Waals surface area contributed by atoms with Crippen LogP contribution in [0, 0.1) is 12.3 Å². The zero-order valence-electron chi connectivity index (χ0n) is 14.8. The van der Waals surface area contributed by atoms with E-state index < -0.39 is 0 Å². The smallest absolute Gasteiger partial charge is 0.255 e. The molecular weight excluding hydrogens is 288 g/mol.